The number of methoxy groups -OCH3 is 1. The Hall–Kier alpha value is -0.630. The van der Waals surface area contributed by atoms with Crippen LogP contribution in [0.2, 0.25) is 0 Å². The maximum absolute atomic E-state index is 12.9. The van der Waals surface area contributed by atoms with Gasteiger partial charge in [-0.05, 0) is 43.9 Å². The van der Waals surface area contributed by atoms with Crippen LogP contribution in [-0.2, 0) is 10.0 Å². The summed E-state index contributed by atoms with van der Waals surface area (Å²) in [5, 5.41) is 8.96. The van der Waals surface area contributed by atoms with Gasteiger partial charge in [0, 0.05) is 23.7 Å². The highest BCUT2D eigenvalue weighted by Gasteiger charge is 2.36. The minimum absolute atomic E-state index is 0.0363. The van der Waals surface area contributed by atoms with Crippen LogP contribution in [-0.4, -0.2) is 44.1 Å². The average molecular weight is 378 g/mol. The van der Waals surface area contributed by atoms with Gasteiger partial charge in [-0.15, -0.1) is 0 Å². The van der Waals surface area contributed by atoms with Crippen molar-refractivity contribution in [3.05, 3.63) is 22.7 Å². The molecule has 1 aromatic rings. The number of halogens is 1. The minimum atomic E-state index is -3.59. The van der Waals surface area contributed by atoms with Gasteiger partial charge >= 0.3 is 0 Å². The van der Waals surface area contributed by atoms with Crippen LogP contribution in [0.4, 0.5) is 0 Å². The van der Waals surface area contributed by atoms with E-state index in [-0.39, 0.29) is 17.5 Å². The van der Waals surface area contributed by atoms with Gasteiger partial charge in [0.1, 0.15) is 10.6 Å². The van der Waals surface area contributed by atoms with Crippen molar-refractivity contribution in [2.45, 2.75) is 36.6 Å². The zero-order valence-electron chi connectivity index (χ0n) is 12.0. The highest BCUT2D eigenvalue weighted by molar-refractivity contribution is 9.10. The van der Waals surface area contributed by atoms with Gasteiger partial charge in [-0.3, -0.25) is 0 Å². The zero-order valence-corrected chi connectivity index (χ0v) is 14.4. The van der Waals surface area contributed by atoms with Crippen LogP contribution in [0.3, 0.4) is 0 Å². The molecule has 0 saturated carbocycles. The molecule has 1 N–H and O–H groups in total. The Morgan fingerprint density at radius 2 is 2.24 bits per heavy atom. The van der Waals surface area contributed by atoms with Gasteiger partial charge in [-0.1, -0.05) is 15.9 Å². The van der Waals surface area contributed by atoms with Crippen LogP contribution < -0.4 is 4.74 Å². The third-order valence-corrected chi connectivity index (χ3v) is 6.20. The maximum Gasteiger partial charge on any atom is 0.247 e. The number of aliphatic hydroxyl groups excluding tert-OH is 1. The lowest BCUT2D eigenvalue weighted by Gasteiger charge is -2.24. The first-order chi connectivity index (χ1) is 10.0. The summed E-state index contributed by atoms with van der Waals surface area (Å²) in [5.41, 5.74) is 0. The number of ether oxygens (including phenoxy) is 1. The smallest absolute Gasteiger partial charge is 0.247 e. The molecule has 1 unspecified atom stereocenters. The number of nitrogens with zero attached hydrogens (tertiary/aromatic N) is 1. The van der Waals surface area contributed by atoms with Crippen molar-refractivity contribution in [2.24, 2.45) is 0 Å². The number of hydrogen-bond donors (Lipinski definition) is 1. The Labute approximate surface area is 134 Å². The van der Waals surface area contributed by atoms with Crippen molar-refractivity contribution in [1.82, 2.24) is 4.31 Å². The van der Waals surface area contributed by atoms with Crippen LogP contribution >= 0.6 is 15.9 Å². The Morgan fingerprint density at radius 3 is 2.90 bits per heavy atom. The van der Waals surface area contributed by atoms with E-state index in [0.717, 1.165) is 12.8 Å². The quantitative estimate of drug-likeness (QED) is 0.826. The fourth-order valence-electron chi connectivity index (χ4n) is 2.72. The normalized spacial score (nSPS) is 19.9. The number of rotatable bonds is 6. The molecule has 0 spiro atoms. The van der Waals surface area contributed by atoms with Gasteiger partial charge in [-0.25, -0.2) is 8.42 Å². The van der Waals surface area contributed by atoms with Gasteiger partial charge in [0.25, 0.3) is 0 Å². The average Bonchev–Trinajstić information content (AvgIpc) is 2.94. The fourth-order valence-corrected chi connectivity index (χ4v) is 5.14. The molecule has 2 rings (SSSR count). The molecule has 1 heterocycles. The zero-order chi connectivity index (χ0) is 15.5. The van der Waals surface area contributed by atoms with Crippen molar-refractivity contribution in [2.75, 3.05) is 20.3 Å². The molecule has 0 aliphatic carbocycles. The van der Waals surface area contributed by atoms with E-state index in [2.05, 4.69) is 15.9 Å². The number of hydrogen-bond acceptors (Lipinski definition) is 4. The molecule has 0 bridgehead atoms. The number of aliphatic hydroxyl groups is 1. The van der Waals surface area contributed by atoms with E-state index >= 15 is 0 Å². The molecule has 1 saturated heterocycles. The second kappa shape index (κ2) is 7.09. The first-order valence-electron chi connectivity index (χ1n) is 6.97. The molecule has 7 heteroatoms. The van der Waals surface area contributed by atoms with E-state index in [1.165, 1.54) is 7.11 Å². The van der Waals surface area contributed by atoms with E-state index < -0.39 is 10.0 Å². The van der Waals surface area contributed by atoms with Crippen LogP contribution in [0.25, 0.3) is 0 Å². The summed E-state index contributed by atoms with van der Waals surface area (Å²) >= 11 is 3.31. The SMILES string of the molecule is COc1ccc(Br)cc1S(=O)(=O)N1CCCC1CCCO. The number of benzene rings is 1. The first kappa shape index (κ1) is 16.7. The Bertz CT molecular complexity index is 591. The van der Waals surface area contributed by atoms with E-state index in [1.54, 1.807) is 22.5 Å². The van der Waals surface area contributed by atoms with Crippen LogP contribution in [0.5, 0.6) is 5.75 Å². The molecular weight excluding hydrogens is 358 g/mol. The summed E-state index contributed by atoms with van der Waals surface area (Å²) in [5.74, 6) is 0.353. The summed E-state index contributed by atoms with van der Waals surface area (Å²) in [4.78, 5) is 0.190. The molecule has 118 valence electrons. The summed E-state index contributed by atoms with van der Waals surface area (Å²) in [6, 6.07) is 4.95. The van der Waals surface area contributed by atoms with Crippen molar-refractivity contribution in [1.29, 1.82) is 0 Å². The second-order valence-corrected chi connectivity index (χ2v) is 7.85. The van der Waals surface area contributed by atoms with Gasteiger partial charge < -0.3 is 9.84 Å². The summed E-state index contributed by atoms with van der Waals surface area (Å²) in [7, 11) is -2.12. The molecule has 1 aromatic carbocycles. The lowest BCUT2D eigenvalue weighted by Crippen LogP contribution is -2.35. The third kappa shape index (κ3) is 3.59. The Morgan fingerprint density at radius 1 is 1.48 bits per heavy atom. The summed E-state index contributed by atoms with van der Waals surface area (Å²) in [6.07, 6.45) is 3.00. The van der Waals surface area contributed by atoms with Gasteiger partial charge in [-0.2, -0.15) is 4.31 Å². The highest BCUT2D eigenvalue weighted by atomic mass is 79.9. The monoisotopic (exact) mass is 377 g/mol. The molecule has 21 heavy (non-hydrogen) atoms. The Balaban J connectivity index is 2.35. The van der Waals surface area contributed by atoms with Gasteiger partial charge in [0.2, 0.25) is 10.0 Å². The molecule has 0 radical (unpaired) electrons. The van der Waals surface area contributed by atoms with Crippen molar-refractivity contribution < 1.29 is 18.3 Å². The van der Waals surface area contributed by atoms with Crippen molar-refractivity contribution in [3.63, 3.8) is 0 Å². The molecule has 1 aliphatic rings. The topological polar surface area (TPSA) is 66.8 Å². The standard InChI is InChI=1S/C14H20BrNO4S/c1-20-13-7-6-11(15)10-14(13)21(18,19)16-8-2-4-12(16)5-3-9-17/h6-7,10,12,17H,2-5,8-9H2,1H3. The van der Waals surface area contributed by atoms with Crippen LogP contribution in [0, 0.1) is 0 Å². The summed E-state index contributed by atoms with van der Waals surface area (Å²) in [6.45, 7) is 0.610. The number of sulfonamides is 1. The van der Waals surface area contributed by atoms with Gasteiger partial charge in [0.05, 0.1) is 7.11 Å². The van der Waals surface area contributed by atoms with Gasteiger partial charge in [0.15, 0.2) is 0 Å². The molecule has 0 aromatic heterocycles. The molecule has 0 amide bonds. The third-order valence-electron chi connectivity index (χ3n) is 3.73. The highest BCUT2D eigenvalue weighted by Crippen LogP contribution is 2.34. The van der Waals surface area contributed by atoms with E-state index in [1.807, 2.05) is 0 Å². The molecule has 1 fully saturated rings. The van der Waals surface area contributed by atoms with Crippen molar-refractivity contribution >= 4 is 26.0 Å². The second-order valence-electron chi connectivity index (χ2n) is 5.07. The molecule has 1 atom stereocenters. The molecule has 5 nitrogen and oxygen atoms in total. The summed E-state index contributed by atoms with van der Waals surface area (Å²) < 4.78 is 33.3. The largest absolute Gasteiger partial charge is 0.495 e. The van der Waals surface area contributed by atoms with Crippen molar-refractivity contribution in [3.8, 4) is 5.75 Å². The van der Waals surface area contributed by atoms with E-state index in [4.69, 9.17) is 9.84 Å². The fraction of sp³-hybridized carbons (Fsp3) is 0.571. The first-order valence-corrected chi connectivity index (χ1v) is 9.20. The minimum Gasteiger partial charge on any atom is -0.495 e. The molecular formula is C14H20BrNO4S. The predicted molar refractivity (Wildman–Crippen MR) is 83.9 cm³/mol. The molecule has 1 aliphatic heterocycles. The van der Waals surface area contributed by atoms with Crippen LogP contribution in [0.15, 0.2) is 27.6 Å². The lowest BCUT2D eigenvalue weighted by atomic mass is 10.1. The maximum atomic E-state index is 12.9. The Kier molecular flexibility index (Phi) is 5.65. The van der Waals surface area contributed by atoms with Crippen LogP contribution in [0.1, 0.15) is 25.7 Å². The van der Waals surface area contributed by atoms with E-state index in [9.17, 15) is 8.42 Å². The predicted octanol–water partition coefficient (Wildman–Crippen LogP) is 2.38. The lowest BCUT2D eigenvalue weighted by molar-refractivity contribution is 0.264. The van der Waals surface area contributed by atoms with E-state index in [0.29, 0.717) is 29.6 Å².